The van der Waals surface area contributed by atoms with E-state index >= 15 is 0 Å². The third-order valence-electron chi connectivity index (χ3n) is 3.44. The average molecular weight is 266 g/mol. The van der Waals surface area contributed by atoms with Crippen LogP contribution in [0, 0.1) is 5.92 Å². The van der Waals surface area contributed by atoms with Crippen molar-refractivity contribution in [2.24, 2.45) is 11.8 Å². The van der Waals surface area contributed by atoms with Crippen molar-refractivity contribution in [1.29, 1.82) is 0 Å². The van der Waals surface area contributed by atoms with E-state index in [0.29, 0.717) is 6.04 Å². The molecule has 19 heavy (non-hydrogen) atoms. The minimum Gasteiger partial charge on any atom is -0.299 e. The Labute approximate surface area is 113 Å². The molecule has 1 aromatic rings. The quantitative estimate of drug-likeness (QED) is 0.412. The fourth-order valence-corrected chi connectivity index (χ4v) is 2.01. The number of nitrogen functional groups attached to an aromatic ring is 1. The number of rotatable bonds is 7. The van der Waals surface area contributed by atoms with Crippen LogP contribution in [0.5, 0.6) is 0 Å². The van der Waals surface area contributed by atoms with Crippen LogP contribution in [0.25, 0.3) is 0 Å². The molecule has 2 rings (SSSR count). The zero-order valence-electron chi connectivity index (χ0n) is 11.5. The van der Waals surface area contributed by atoms with Crippen molar-refractivity contribution >= 4 is 5.91 Å². The van der Waals surface area contributed by atoms with Gasteiger partial charge in [0.1, 0.15) is 0 Å². The molecule has 1 heterocycles. The van der Waals surface area contributed by atoms with Crippen LogP contribution in [0.1, 0.15) is 37.2 Å². The Morgan fingerprint density at radius 3 is 2.95 bits per heavy atom. The zero-order chi connectivity index (χ0) is 13.8. The molecule has 0 bridgehead atoms. The van der Waals surface area contributed by atoms with Crippen molar-refractivity contribution in [2.75, 3.05) is 13.1 Å². The summed E-state index contributed by atoms with van der Waals surface area (Å²) in [6.07, 6.45) is 4.33. The second-order valence-corrected chi connectivity index (χ2v) is 5.37. The summed E-state index contributed by atoms with van der Waals surface area (Å²) in [5.74, 6) is 5.51. The summed E-state index contributed by atoms with van der Waals surface area (Å²) in [7, 11) is 0. The third-order valence-corrected chi connectivity index (χ3v) is 3.44. The summed E-state index contributed by atoms with van der Waals surface area (Å²) < 4.78 is 1.69. The maximum atomic E-state index is 11.3. The number of amides is 1. The summed E-state index contributed by atoms with van der Waals surface area (Å²) >= 11 is 0. The lowest BCUT2D eigenvalue weighted by molar-refractivity contribution is 0.0948. The molecule has 1 fully saturated rings. The highest BCUT2D eigenvalue weighted by Gasteiger charge is 2.25. The largest absolute Gasteiger partial charge is 0.299 e. The Morgan fingerprint density at radius 1 is 1.63 bits per heavy atom. The molecule has 0 aromatic carbocycles. The van der Waals surface area contributed by atoms with Gasteiger partial charge >= 0.3 is 0 Å². The van der Waals surface area contributed by atoms with Crippen LogP contribution < -0.4 is 11.3 Å². The van der Waals surface area contributed by atoms with E-state index in [0.717, 1.165) is 25.6 Å². The molecule has 7 nitrogen and oxygen atoms in total. The normalized spacial score (nSPS) is 15.2. The van der Waals surface area contributed by atoms with Gasteiger partial charge < -0.3 is 0 Å². The Hall–Kier alpha value is -1.47. The van der Waals surface area contributed by atoms with Gasteiger partial charge in [-0.05, 0) is 32.6 Å². The molecule has 7 heteroatoms. The third kappa shape index (κ3) is 4.00. The van der Waals surface area contributed by atoms with E-state index in [1.165, 1.54) is 12.8 Å². The molecule has 1 amide bonds. The molecule has 0 aliphatic heterocycles. The molecule has 0 spiro atoms. The van der Waals surface area contributed by atoms with Crippen molar-refractivity contribution in [2.45, 2.75) is 39.3 Å². The van der Waals surface area contributed by atoms with E-state index in [1.807, 2.05) is 5.43 Å². The number of hydrogen-bond acceptors (Lipinski definition) is 5. The molecule has 3 N–H and O–H groups in total. The predicted octanol–water partition coefficient (Wildman–Crippen LogP) is 0.00200. The first-order chi connectivity index (χ1) is 9.10. The topological polar surface area (TPSA) is 89.1 Å². The van der Waals surface area contributed by atoms with E-state index in [1.54, 1.807) is 10.9 Å². The number of carbonyl (C=O) groups excluding carboxylic acids is 1. The fraction of sp³-hybridized carbons (Fsp3) is 0.750. The number of nitrogens with one attached hydrogen (secondary N) is 1. The summed E-state index contributed by atoms with van der Waals surface area (Å²) in [6.45, 7) is 7.22. The van der Waals surface area contributed by atoms with Gasteiger partial charge in [0.25, 0.3) is 5.91 Å². The molecule has 0 unspecified atom stereocenters. The maximum Gasteiger partial charge on any atom is 0.287 e. The summed E-state index contributed by atoms with van der Waals surface area (Å²) in [4.78, 5) is 13.7. The second kappa shape index (κ2) is 6.12. The Kier molecular flexibility index (Phi) is 4.49. The van der Waals surface area contributed by atoms with Crippen molar-refractivity contribution in [3.63, 3.8) is 0 Å². The Bertz CT molecular complexity index is 426. The van der Waals surface area contributed by atoms with Gasteiger partial charge in [0.2, 0.25) is 0 Å². The Balaban J connectivity index is 1.85. The van der Waals surface area contributed by atoms with Crippen LogP contribution in [-0.4, -0.2) is 44.9 Å². The number of carbonyl (C=O) groups is 1. The van der Waals surface area contributed by atoms with Crippen LogP contribution in [0.4, 0.5) is 0 Å². The molecular weight excluding hydrogens is 244 g/mol. The Morgan fingerprint density at radius 2 is 2.37 bits per heavy atom. The highest BCUT2D eigenvalue weighted by atomic mass is 16.2. The lowest BCUT2D eigenvalue weighted by Crippen LogP contribution is -2.35. The first-order valence-corrected chi connectivity index (χ1v) is 6.75. The molecule has 1 aliphatic carbocycles. The average Bonchev–Trinajstić information content (AvgIpc) is 3.09. The van der Waals surface area contributed by atoms with Crippen molar-refractivity contribution in [1.82, 2.24) is 25.3 Å². The molecule has 0 saturated heterocycles. The fourth-order valence-electron chi connectivity index (χ4n) is 2.01. The van der Waals surface area contributed by atoms with Crippen LogP contribution >= 0.6 is 0 Å². The smallest absolute Gasteiger partial charge is 0.287 e. The molecule has 1 saturated carbocycles. The van der Waals surface area contributed by atoms with Crippen LogP contribution in [0.2, 0.25) is 0 Å². The van der Waals surface area contributed by atoms with Crippen LogP contribution in [0.15, 0.2) is 6.20 Å². The summed E-state index contributed by atoms with van der Waals surface area (Å²) in [5.41, 5.74) is 2.30. The van der Waals surface area contributed by atoms with Gasteiger partial charge in [0.15, 0.2) is 5.69 Å². The molecule has 1 aliphatic rings. The van der Waals surface area contributed by atoms with E-state index in [4.69, 9.17) is 5.84 Å². The maximum absolute atomic E-state index is 11.3. The van der Waals surface area contributed by atoms with Gasteiger partial charge in [-0.1, -0.05) is 5.21 Å². The number of aromatic nitrogens is 3. The van der Waals surface area contributed by atoms with Crippen molar-refractivity contribution in [3.8, 4) is 0 Å². The van der Waals surface area contributed by atoms with Crippen LogP contribution in [0.3, 0.4) is 0 Å². The predicted molar refractivity (Wildman–Crippen MR) is 71.1 cm³/mol. The first kappa shape index (κ1) is 14.0. The van der Waals surface area contributed by atoms with Gasteiger partial charge in [-0.25, -0.2) is 5.84 Å². The monoisotopic (exact) mass is 266 g/mol. The highest BCUT2D eigenvalue weighted by Crippen LogP contribution is 2.30. The lowest BCUT2D eigenvalue weighted by atomic mass is 10.2. The standard InChI is InChI=1S/C12H22N6O/c1-9(2)17(7-10-3-4-10)5-6-18-8-11(15-16-18)12(19)14-13/h8-10H,3-7,13H2,1-2H3,(H,14,19). The number of nitrogens with two attached hydrogens (primary N) is 1. The van der Waals surface area contributed by atoms with Gasteiger partial charge in [-0.15, -0.1) is 5.10 Å². The van der Waals surface area contributed by atoms with Gasteiger partial charge in [0, 0.05) is 19.1 Å². The molecule has 1 aromatic heterocycles. The molecule has 0 atom stereocenters. The zero-order valence-corrected chi connectivity index (χ0v) is 11.5. The highest BCUT2D eigenvalue weighted by molar-refractivity contribution is 5.91. The summed E-state index contributed by atoms with van der Waals surface area (Å²) in [5, 5.41) is 7.72. The SMILES string of the molecule is CC(C)N(CCn1cc(C(=O)NN)nn1)CC1CC1. The van der Waals surface area contributed by atoms with Crippen molar-refractivity contribution < 1.29 is 4.79 Å². The van der Waals surface area contributed by atoms with E-state index in [-0.39, 0.29) is 5.69 Å². The van der Waals surface area contributed by atoms with Gasteiger partial charge in [0.05, 0.1) is 12.7 Å². The minimum absolute atomic E-state index is 0.251. The molecular formula is C12H22N6O. The number of hydrazine groups is 1. The molecule has 106 valence electrons. The van der Waals surface area contributed by atoms with Gasteiger partial charge in [-0.3, -0.25) is 19.8 Å². The first-order valence-electron chi connectivity index (χ1n) is 6.75. The van der Waals surface area contributed by atoms with E-state index in [9.17, 15) is 4.79 Å². The van der Waals surface area contributed by atoms with Gasteiger partial charge in [-0.2, -0.15) is 0 Å². The lowest BCUT2D eigenvalue weighted by Gasteiger charge is -2.26. The van der Waals surface area contributed by atoms with E-state index < -0.39 is 5.91 Å². The second-order valence-electron chi connectivity index (χ2n) is 5.37. The summed E-state index contributed by atoms with van der Waals surface area (Å²) in [6, 6.07) is 0.524. The van der Waals surface area contributed by atoms with Crippen LogP contribution in [-0.2, 0) is 6.54 Å². The van der Waals surface area contributed by atoms with Crippen molar-refractivity contribution in [3.05, 3.63) is 11.9 Å². The number of hydrogen-bond donors (Lipinski definition) is 2. The molecule has 0 radical (unpaired) electrons. The minimum atomic E-state index is -0.412. The van der Waals surface area contributed by atoms with E-state index in [2.05, 4.69) is 29.1 Å². The number of nitrogens with zero attached hydrogens (tertiary/aromatic N) is 4.